The van der Waals surface area contributed by atoms with Gasteiger partial charge in [-0.05, 0) is 25.2 Å². The molecule has 1 aromatic heterocycles. The highest BCUT2D eigenvalue weighted by atomic mass is 16.5. The van der Waals surface area contributed by atoms with Gasteiger partial charge in [0.25, 0.3) is 0 Å². The lowest BCUT2D eigenvalue weighted by atomic mass is 10.0. The fourth-order valence-electron chi connectivity index (χ4n) is 2.60. The zero-order chi connectivity index (χ0) is 11.0. The Morgan fingerprint density at radius 3 is 3.12 bits per heavy atom. The summed E-state index contributed by atoms with van der Waals surface area (Å²) in [4.78, 5) is 4.70. The number of nitrogens with zero attached hydrogens (tertiary/aromatic N) is 3. The highest BCUT2D eigenvalue weighted by molar-refractivity contribution is 5.02. The van der Waals surface area contributed by atoms with Crippen LogP contribution < -0.4 is 0 Å². The molecule has 2 atom stereocenters. The molecule has 0 N–H and O–H groups in total. The van der Waals surface area contributed by atoms with Gasteiger partial charge in [0.15, 0.2) is 5.82 Å². The van der Waals surface area contributed by atoms with E-state index in [1.54, 1.807) is 0 Å². The summed E-state index contributed by atoms with van der Waals surface area (Å²) in [5, 5.41) is 4.63. The molecule has 88 valence electrons. The van der Waals surface area contributed by atoms with E-state index in [0.29, 0.717) is 5.92 Å². The van der Waals surface area contributed by atoms with Crippen molar-refractivity contribution in [3.05, 3.63) is 11.6 Å². The number of aromatic nitrogens is 3. The molecule has 2 aliphatic heterocycles. The summed E-state index contributed by atoms with van der Waals surface area (Å²) in [5.41, 5.74) is 0. The molecule has 3 heterocycles. The Balaban J connectivity index is 1.80. The van der Waals surface area contributed by atoms with Gasteiger partial charge in [0.1, 0.15) is 5.82 Å². The van der Waals surface area contributed by atoms with Gasteiger partial charge in [0.05, 0.1) is 6.61 Å². The minimum Gasteiger partial charge on any atom is -0.381 e. The highest BCUT2D eigenvalue weighted by Gasteiger charge is 2.24. The topological polar surface area (TPSA) is 39.9 Å². The monoisotopic (exact) mass is 221 g/mol. The normalized spacial score (nSPS) is 30.1. The Morgan fingerprint density at radius 2 is 2.31 bits per heavy atom. The van der Waals surface area contributed by atoms with Gasteiger partial charge < -0.3 is 4.74 Å². The van der Waals surface area contributed by atoms with Crippen LogP contribution in [0.1, 0.15) is 43.8 Å². The van der Waals surface area contributed by atoms with Crippen LogP contribution in [-0.4, -0.2) is 28.0 Å². The Hall–Kier alpha value is -0.900. The Labute approximate surface area is 96.0 Å². The molecule has 1 aromatic rings. The predicted octanol–water partition coefficient (Wildman–Crippen LogP) is 1.75. The van der Waals surface area contributed by atoms with Gasteiger partial charge in [-0.3, -0.25) is 0 Å². The summed E-state index contributed by atoms with van der Waals surface area (Å²) in [6.07, 6.45) is 4.64. The molecule has 1 saturated heterocycles. The Morgan fingerprint density at radius 1 is 1.38 bits per heavy atom. The van der Waals surface area contributed by atoms with E-state index >= 15 is 0 Å². The van der Waals surface area contributed by atoms with Crippen molar-refractivity contribution >= 4 is 0 Å². The van der Waals surface area contributed by atoms with Crippen molar-refractivity contribution in [3.63, 3.8) is 0 Å². The largest absolute Gasteiger partial charge is 0.381 e. The number of fused-ring (bicyclic) bond motifs is 1. The van der Waals surface area contributed by atoms with Crippen molar-refractivity contribution in [3.8, 4) is 0 Å². The second kappa shape index (κ2) is 4.17. The molecule has 0 bridgehead atoms. The lowest BCUT2D eigenvalue weighted by Gasteiger charge is -2.18. The smallest absolute Gasteiger partial charge is 0.156 e. The first-order valence-electron chi connectivity index (χ1n) is 6.34. The predicted molar refractivity (Wildman–Crippen MR) is 60.3 cm³/mol. The van der Waals surface area contributed by atoms with Gasteiger partial charge in [0, 0.05) is 25.5 Å². The van der Waals surface area contributed by atoms with Crippen molar-refractivity contribution in [1.29, 1.82) is 0 Å². The van der Waals surface area contributed by atoms with Crippen LogP contribution in [0.5, 0.6) is 0 Å². The van der Waals surface area contributed by atoms with Gasteiger partial charge in [-0.25, -0.2) is 9.67 Å². The van der Waals surface area contributed by atoms with Gasteiger partial charge in [-0.15, -0.1) is 0 Å². The highest BCUT2D eigenvalue weighted by Crippen LogP contribution is 2.25. The van der Waals surface area contributed by atoms with E-state index in [0.717, 1.165) is 44.3 Å². The number of aryl methyl sites for hydroxylation is 1. The van der Waals surface area contributed by atoms with Crippen molar-refractivity contribution in [2.75, 3.05) is 13.2 Å². The minimum absolute atomic E-state index is 0.433. The average Bonchev–Trinajstić information content (AvgIpc) is 2.73. The van der Waals surface area contributed by atoms with Crippen LogP contribution in [0.25, 0.3) is 0 Å². The van der Waals surface area contributed by atoms with Crippen molar-refractivity contribution in [2.24, 2.45) is 5.92 Å². The molecule has 4 heteroatoms. The van der Waals surface area contributed by atoms with Crippen molar-refractivity contribution in [1.82, 2.24) is 14.8 Å². The maximum absolute atomic E-state index is 5.50. The van der Waals surface area contributed by atoms with E-state index in [4.69, 9.17) is 9.72 Å². The van der Waals surface area contributed by atoms with Crippen LogP contribution >= 0.6 is 0 Å². The standard InChI is InChI=1S/C12H19N3O/c1-9-4-5-15-11(7-9)13-12(14-15)10-3-2-6-16-8-10/h9-10H,2-8H2,1H3. The van der Waals surface area contributed by atoms with Crippen LogP contribution in [0.15, 0.2) is 0 Å². The zero-order valence-corrected chi connectivity index (χ0v) is 9.85. The SMILES string of the molecule is CC1CCn2nc(C3CCCOC3)nc2C1. The van der Waals surface area contributed by atoms with Crippen LogP contribution in [-0.2, 0) is 17.7 Å². The van der Waals surface area contributed by atoms with Crippen LogP contribution in [0.4, 0.5) is 0 Å². The number of hydrogen-bond donors (Lipinski definition) is 0. The molecule has 0 spiro atoms. The van der Waals surface area contributed by atoms with Gasteiger partial charge in [-0.1, -0.05) is 6.92 Å². The maximum Gasteiger partial charge on any atom is 0.156 e. The fraction of sp³-hybridized carbons (Fsp3) is 0.833. The summed E-state index contributed by atoms with van der Waals surface area (Å²) >= 11 is 0. The Bertz CT molecular complexity index is 368. The van der Waals surface area contributed by atoms with Gasteiger partial charge >= 0.3 is 0 Å². The second-order valence-corrected chi connectivity index (χ2v) is 5.12. The molecule has 3 rings (SSSR count). The third-order valence-corrected chi connectivity index (χ3v) is 3.65. The molecule has 0 aliphatic carbocycles. The molecule has 4 nitrogen and oxygen atoms in total. The minimum atomic E-state index is 0.433. The lowest BCUT2D eigenvalue weighted by molar-refractivity contribution is 0.0780. The van der Waals surface area contributed by atoms with Crippen LogP contribution in [0, 0.1) is 5.92 Å². The summed E-state index contributed by atoms with van der Waals surface area (Å²) < 4.78 is 7.60. The van der Waals surface area contributed by atoms with Gasteiger partial charge in [0.2, 0.25) is 0 Å². The van der Waals surface area contributed by atoms with E-state index in [1.165, 1.54) is 18.7 Å². The molecule has 2 aliphatic rings. The molecule has 16 heavy (non-hydrogen) atoms. The molecule has 0 saturated carbocycles. The zero-order valence-electron chi connectivity index (χ0n) is 9.85. The average molecular weight is 221 g/mol. The quantitative estimate of drug-likeness (QED) is 0.725. The first-order valence-corrected chi connectivity index (χ1v) is 6.34. The number of hydrogen-bond acceptors (Lipinski definition) is 3. The van der Waals surface area contributed by atoms with E-state index in [2.05, 4.69) is 16.7 Å². The third-order valence-electron chi connectivity index (χ3n) is 3.65. The molecule has 0 aromatic carbocycles. The summed E-state index contributed by atoms with van der Waals surface area (Å²) in [7, 11) is 0. The first-order chi connectivity index (χ1) is 7.83. The third kappa shape index (κ3) is 1.86. The van der Waals surface area contributed by atoms with Crippen LogP contribution in [0.3, 0.4) is 0 Å². The van der Waals surface area contributed by atoms with Crippen LogP contribution in [0.2, 0.25) is 0 Å². The second-order valence-electron chi connectivity index (χ2n) is 5.12. The Kier molecular flexibility index (Phi) is 2.67. The molecular formula is C12H19N3O. The number of ether oxygens (including phenoxy) is 1. The molecular weight excluding hydrogens is 202 g/mol. The summed E-state index contributed by atoms with van der Waals surface area (Å²) in [6.45, 7) is 5.04. The molecule has 0 radical (unpaired) electrons. The first kappa shape index (κ1) is 10.3. The summed E-state index contributed by atoms with van der Waals surface area (Å²) in [6, 6.07) is 0. The van der Waals surface area contributed by atoms with Gasteiger partial charge in [-0.2, -0.15) is 5.10 Å². The molecule has 1 fully saturated rings. The van der Waals surface area contributed by atoms with E-state index in [1.807, 2.05) is 0 Å². The van der Waals surface area contributed by atoms with E-state index in [-0.39, 0.29) is 0 Å². The lowest BCUT2D eigenvalue weighted by Crippen LogP contribution is -2.18. The summed E-state index contributed by atoms with van der Waals surface area (Å²) in [5.74, 6) is 3.39. The molecule has 2 unspecified atom stereocenters. The van der Waals surface area contributed by atoms with Crippen molar-refractivity contribution < 1.29 is 4.74 Å². The van der Waals surface area contributed by atoms with E-state index < -0.39 is 0 Å². The fourth-order valence-corrected chi connectivity index (χ4v) is 2.60. The number of rotatable bonds is 1. The van der Waals surface area contributed by atoms with E-state index in [9.17, 15) is 0 Å². The van der Waals surface area contributed by atoms with Crippen molar-refractivity contribution in [2.45, 2.75) is 45.1 Å². The maximum atomic E-state index is 5.50. The molecule has 0 amide bonds.